The molecule has 25 heavy (non-hydrogen) atoms. The van der Waals surface area contributed by atoms with Gasteiger partial charge in [0.1, 0.15) is 0 Å². The molecule has 0 spiro atoms. The molecule has 1 aromatic rings. The molecule has 3 unspecified atom stereocenters. The van der Waals surface area contributed by atoms with E-state index in [4.69, 9.17) is 0 Å². The molecule has 3 atom stereocenters. The van der Waals surface area contributed by atoms with E-state index in [0.717, 1.165) is 5.56 Å². The summed E-state index contributed by atoms with van der Waals surface area (Å²) in [6, 6.07) is 4.09. The fourth-order valence-electron chi connectivity index (χ4n) is 4.41. The molecule has 2 fully saturated rings. The number of amides is 1. The fourth-order valence-corrected chi connectivity index (χ4v) is 6.38. The highest BCUT2D eigenvalue weighted by Gasteiger charge is 2.54. The molecule has 134 valence electrons. The van der Waals surface area contributed by atoms with Gasteiger partial charge in [-0.05, 0) is 55.9 Å². The van der Waals surface area contributed by atoms with E-state index in [1.54, 1.807) is 12.1 Å². The van der Waals surface area contributed by atoms with Crippen LogP contribution in [0, 0.1) is 5.92 Å². The Morgan fingerprint density at radius 2 is 2.04 bits per heavy atom. The van der Waals surface area contributed by atoms with Gasteiger partial charge in [-0.1, -0.05) is 0 Å². The Morgan fingerprint density at radius 3 is 2.76 bits per heavy atom. The van der Waals surface area contributed by atoms with Gasteiger partial charge < -0.3 is 10.4 Å². The van der Waals surface area contributed by atoms with Crippen LogP contribution in [0.15, 0.2) is 23.1 Å². The van der Waals surface area contributed by atoms with Gasteiger partial charge in [0.15, 0.2) is 0 Å². The SMILES string of the molecule is O=C1CCCc2cc(S(=O)(=O)N3C4CCC3C(C(=O)O)C4)ccc2N1. The van der Waals surface area contributed by atoms with E-state index in [1.165, 1.54) is 10.4 Å². The van der Waals surface area contributed by atoms with E-state index >= 15 is 0 Å². The number of anilines is 1. The van der Waals surface area contributed by atoms with E-state index < -0.39 is 28.0 Å². The molecule has 8 heteroatoms. The molecule has 4 rings (SSSR count). The highest BCUT2D eigenvalue weighted by atomic mass is 32.2. The first-order valence-corrected chi connectivity index (χ1v) is 10.0. The maximum absolute atomic E-state index is 13.1. The van der Waals surface area contributed by atoms with Gasteiger partial charge in [0.25, 0.3) is 0 Å². The number of rotatable bonds is 3. The van der Waals surface area contributed by atoms with Crippen LogP contribution in [-0.2, 0) is 26.0 Å². The largest absolute Gasteiger partial charge is 0.481 e. The molecule has 2 saturated heterocycles. The number of carbonyl (C=O) groups excluding carboxylic acids is 1. The Hall–Kier alpha value is -1.93. The molecule has 3 aliphatic heterocycles. The van der Waals surface area contributed by atoms with Crippen molar-refractivity contribution in [3.05, 3.63) is 23.8 Å². The van der Waals surface area contributed by atoms with Crippen molar-refractivity contribution in [2.75, 3.05) is 5.32 Å². The van der Waals surface area contributed by atoms with E-state index in [-0.39, 0.29) is 16.8 Å². The number of sulfonamides is 1. The van der Waals surface area contributed by atoms with Gasteiger partial charge in [0.2, 0.25) is 15.9 Å². The summed E-state index contributed by atoms with van der Waals surface area (Å²) in [5, 5.41) is 12.1. The number of benzene rings is 1. The van der Waals surface area contributed by atoms with E-state index in [9.17, 15) is 23.1 Å². The van der Waals surface area contributed by atoms with Crippen LogP contribution in [0.1, 0.15) is 37.7 Å². The first-order valence-electron chi connectivity index (χ1n) is 8.57. The standard InChI is InChI=1S/C17H20N2O5S/c20-16-3-1-2-10-8-12(5-6-14(10)18-16)25(23,24)19-11-4-7-15(19)13(9-11)17(21)22/h5-6,8,11,13,15H,1-4,7,9H2,(H,18,20)(H,21,22). The number of hydrogen-bond acceptors (Lipinski definition) is 4. The first kappa shape index (κ1) is 16.5. The number of fused-ring (bicyclic) bond motifs is 3. The molecule has 1 amide bonds. The Bertz CT molecular complexity index is 851. The van der Waals surface area contributed by atoms with Gasteiger partial charge in [0, 0.05) is 24.2 Å². The summed E-state index contributed by atoms with van der Waals surface area (Å²) in [7, 11) is -3.74. The molecule has 3 heterocycles. The zero-order valence-electron chi connectivity index (χ0n) is 13.6. The van der Waals surface area contributed by atoms with Gasteiger partial charge in [-0.25, -0.2) is 8.42 Å². The van der Waals surface area contributed by atoms with Crippen molar-refractivity contribution in [1.29, 1.82) is 0 Å². The Kier molecular flexibility index (Phi) is 3.84. The molecule has 2 N–H and O–H groups in total. The van der Waals surface area contributed by atoms with Crippen LogP contribution in [0.5, 0.6) is 0 Å². The summed E-state index contributed by atoms with van der Waals surface area (Å²) in [6.07, 6.45) is 3.45. The number of nitrogens with zero attached hydrogens (tertiary/aromatic N) is 1. The predicted octanol–water partition coefficient (Wildman–Crippen LogP) is 1.59. The van der Waals surface area contributed by atoms with E-state index in [1.807, 2.05) is 0 Å². The maximum atomic E-state index is 13.1. The number of aliphatic carboxylic acids is 1. The summed E-state index contributed by atoms with van der Waals surface area (Å²) >= 11 is 0. The summed E-state index contributed by atoms with van der Waals surface area (Å²) in [5.74, 6) is -1.60. The lowest BCUT2D eigenvalue weighted by atomic mass is 9.89. The molecule has 0 saturated carbocycles. The van der Waals surface area contributed by atoms with E-state index in [0.29, 0.717) is 44.2 Å². The van der Waals surface area contributed by atoms with Crippen LogP contribution in [-0.4, -0.2) is 41.8 Å². The van der Waals surface area contributed by atoms with Crippen LogP contribution in [0.2, 0.25) is 0 Å². The van der Waals surface area contributed by atoms with Crippen molar-refractivity contribution in [3.63, 3.8) is 0 Å². The molecular formula is C17H20N2O5S. The molecule has 7 nitrogen and oxygen atoms in total. The lowest BCUT2D eigenvalue weighted by Crippen LogP contribution is -2.37. The minimum atomic E-state index is -3.74. The molecular weight excluding hydrogens is 344 g/mol. The van der Waals surface area contributed by atoms with Crippen molar-refractivity contribution in [1.82, 2.24) is 4.31 Å². The highest BCUT2D eigenvalue weighted by Crippen LogP contribution is 2.45. The van der Waals surface area contributed by atoms with Crippen molar-refractivity contribution >= 4 is 27.6 Å². The first-order chi connectivity index (χ1) is 11.9. The summed E-state index contributed by atoms with van der Waals surface area (Å²) < 4.78 is 27.7. The lowest BCUT2D eigenvalue weighted by Gasteiger charge is -2.23. The average molecular weight is 364 g/mol. The molecule has 0 aliphatic carbocycles. The second-order valence-electron chi connectivity index (χ2n) is 7.03. The zero-order valence-corrected chi connectivity index (χ0v) is 14.5. The monoisotopic (exact) mass is 364 g/mol. The number of nitrogens with one attached hydrogen (secondary N) is 1. The number of carboxylic acids is 1. The van der Waals surface area contributed by atoms with Crippen molar-refractivity contribution < 1.29 is 23.1 Å². The molecule has 2 bridgehead atoms. The van der Waals surface area contributed by atoms with E-state index in [2.05, 4.69) is 5.32 Å². The van der Waals surface area contributed by atoms with Crippen LogP contribution in [0.4, 0.5) is 5.69 Å². The van der Waals surface area contributed by atoms with Crippen molar-refractivity contribution in [2.45, 2.75) is 55.5 Å². The highest BCUT2D eigenvalue weighted by molar-refractivity contribution is 7.89. The minimum Gasteiger partial charge on any atom is -0.481 e. The summed E-state index contributed by atoms with van der Waals surface area (Å²) in [5.41, 5.74) is 1.47. The van der Waals surface area contributed by atoms with Gasteiger partial charge in [0.05, 0.1) is 10.8 Å². The van der Waals surface area contributed by atoms with Crippen molar-refractivity contribution in [3.8, 4) is 0 Å². The number of carboxylic acid groups (broad SMARTS) is 1. The summed E-state index contributed by atoms with van der Waals surface area (Å²) in [6.45, 7) is 0. The Morgan fingerprint density at radius 1 is 1.24 bits per heavy atom. The number of hydrogen-bond donors (Lipinski definition) is 2. The third-order valence-electron chi connectivity index (χ3n) is 5.57. The topological polar surface area (TPSA) is 104 Å². The fraction of sp³-hybridized carbons (Fsp3) is 0.529. The average Bonchev–Trinajstić information content (AvgIpc) is 3.09. The number of aryl methyl sites for hydroxylation is 1. The smallest absolute Gasteiger partial charge is 0.308 e. The van der Waals surface area contributed by atoms with Crippen LogP contribution >= 0.6 is 0 Å². The molecule has 3 aliphatic rings. The van der Waals surface area contributed by atoms with Gasteiger partial charge >= 0.3 is 5.97 Å². The molecule has 0 aromatic heterocycles. The number of carbonyl (C=O) groups is 2. The normalized spacial score (nSPS) is 29.1. The second kappa shape index (κ2) is 5.81. The second-order valence-corrected chi connectivity index (χ2v) is 8.88. The minimum absolute atomic E-state index is 0.0590. The quantitative estimate of drug-likeness (QED) is 0.848. The van der Waals surface area contributed by atoms with Crippen LogP contribution < -0.4 is 5.32 Å². The third kappa shape index (κ3) is 2.64. The van der Waals surface area contributed by atoms with Crippen LogP contribution in [0.3, 0.4) is 0 Å². The van der Waals surface area contributed by atoms with Crippen LogP contribution in [0.25, 0.3) is 0 Å². The Balaban J connectivity index is 1.69. The maximum Gasteiger partial charge on any atom is 0.308 e. The van der Waals surface area contributed by atoms with Gasteiger partial charge in [-0.3, -0.25) is 9.59 Å². The van der Waals surface area contributed by atoms with Gasteiger partial charge in [-0.15, -0.1) is 0 Å². The Labute approximate surface area is 146 Å². The lowest BCUT2D eigenvalue weighted by molar-refractivity contribution is -0.142. The summed E-state index contributed by atoms with van der Waals surface area (Å²) in [4.78, 5) is 23.2. The third-order valence-corrected chi connectivity index (χ3v) is 7.54. The predicted molar refractivity (Wildman–Crippen MR) is 89.6 cm³/mol. The zero-order chi connectivity index (χ0) is 17.8. The molecule has 1 aromatic carbocycles. The molecule has 0 radical (unpaired) electrons. The van der Waals surface area contributed by atoms with Gasteiger partial charge in [-0.2, -0.15) is 4.31 Å². The van der Waals surface area contributed by atoms with Crippen molar-refractivity contribution in [2.24, 2.45) is 5.92 Å².